The molecule has 76 valence electrons. The SMILES string of the molecule is CC[C@@H](C)[C@@H](NC(=O)CCl)C(=O)[O-]. The highest BCUT2D eigenvalue weighted by Crippen LogP contribution is 2.06. The molecule has 0 saturated carbocycles. The summed E-state index contributed by atoms with van der Waals surface area (Å²) in [5, 5.41) is 12.9. The van der Waals surface area contributed by atoms with Gasteiger partial charge in [0.15, 0.2) is 0 Å². The number of hydrogen-bond donors (Lipinski definition) is 1. The molecule has 0 heterocycles. The van der Waals surface area contributed by atoms with Crippen molar-refractivity contribution in [3.63, 3.8) is 0 Å². The molecule has 0 spiro atoms. The van der Waals surface area contributed by atoms with E-state index in [0.29, 0.717) is 6.42 Å². The van der Waals surface area contributed by atoms with Crippen LogP contribution in [0.3, 0.4) is 0 Å². The first-order chi connectivity index (χ1) is 6.02. The van der Waals surface area contributed by atoms with Crippen LogP contribution >= 0.6 is 11.6 Å². The van der Waals surface area contributed by atoms with Gasteiger partial charge >= 0.3 is 0 Å². The Morgan fingerprint density at radius 2 is 2.08 bits per heavy atom. The zero-order valence-corrected chi connectivity index (χ0v) is 8.43. The Kier molecular flexibility index (Phi) is 5.46. The van der Waals surface area contributed by atoms with Crippen molar-refractivity contribution in [1.82, 2.24) is 5.32 Å². The first-order valence-corrected chi connectivity index (χ1v) is 4.62. The smallest absolute Gasteiger partial charge is 0.235 e. The molecule has 1 amide bonds. The second-order valence-corrected chi connectivity index (χ2v) is 3.15. The lowest BCUT2D eigenvalue weighted by Crippen LogP contribution is -2.51. The van der Waals surface area contributed by atoms with Crippen LogP contribution in [-0.2, 0) is 9.59 Å². The molecule has 0 fully saturated rings. The molecule has 0 aliphatic carbocycles. The lowest BCUT2D eigenvalue weighted by Gasteiger charge is -2.24. The van der Waals surface area contributed by atoms with Crippen LogP contribution in [0.25, 0.3) is 0 Å². The zero-order valence-electron chi connectivity index (χ0n) is 7.67. The molecule has 0 aromatic carbocycles. The van der Waals surface area contributed by atoms with Crippen LogP contribution in [0.4, 0.5) is 0 Å². The van der Waals surface area contributed by atoms with Crippen molar-refractivity contribution < 1.29 is 14.7 Å². The van der Waals surface area contributed by atoms with Crippen LogP contribution in [0.2, 0.25) is 0 Å². The van der Waals surface area contributed by atoms with E-state index < -0.39 is 17.9 Å². The van der Waals surface area contributed by atoms with Crippen LogP contribution in [0.15, 0.2) is 0 Å². The van der Waals surface area contributed by atoms with E-state index in [0.717, 1.165) is 0 Å². The molecule has 0 aromatic heterocycles. The number of carboxylic acid groups (broad SMARTS) is 1. The molecular weight excluding hydrogens is 194 g/mol. The first-order valence-electron chi connectivity index (χ1n) is 4.09. The summed E-state index contributed by atoms with van der Waals surface area (Å²) in [5.74, 6) is -2.15. The normalized spacial score (nSPS) is 14.7. The summed E-state index contributed by atoms with van der Waals surface area (Å²) in [4.78, 5) is 21.4. The van der Waals surface area contributed by atoms with E-state index in [4.69, 9.17) is 11.6 Å². The predicted molar refractivity (Wildman–Crippen MR) is 47.1 cm³/mol. The second kappa shape index (κ2) is 5.80. The standard InChI is InChI=1S/C8H14ClNO3/c1-3-5(2)7(8(12)13)10-6(11)4-9/h5,7H,3-4H2,1-2H3,(H,10,11)(H,12,13)/p-1/t5-,7-/m1/s1. The molecule has 0 aromatic rings. The molecule has 13 heavy (non-hydrogen) atoms. The van der Waals surface area contributed by atoms with Crippen LogP contribution in [0.5, 0.6) is 0 Å². The first kappa shape index (κ1) is 12.2. The number of rotatable bonds is 5. The van der Waals surface area contributed by atoms with Gasteiger partial charge < -0.3 is 15.2 Å². The summed E-state index contributed by atoms with van der Waals surface area (Å²) in [7, 11) is 0. The van der Waals surface area contributed by atoms with E-state index in [2.05, 4.69) is 5.32 Å². The number of nitrogens with one attached hydrogen (secondary N) is 1. The number of alkyl halides is 1. The average Bonchev–Trinajstić information content (AvgIpc) is 2.11. The second-order valence-electron chi connectivity index (χ2n) is 2.88. The van der Waals surface area contributed by atoms with Crippen molar-refractivity contribution in [2.45, 2.75) is 26.3 Å². The fourth-order valence-electron chi connectivity index (χ4n) is 0.881. The third kappa shape index (κ3) is 4.12. The van der Waals surface area contributed by atoms with Gasteiger partial charge in [-0.3, -0.25) is 4.79 Å². The van der Waals surface area contributed by atoms with Crippen LogP contribution in [0.1, 0.15) is 20.3 Å². The van der Waals surface area contributed by atoms with E-state index in [1.54, 1.807) is 6.92 Å². The quantitative estimate of drug-likeness (QED) is 0.617. The van der Waals surface area contributed by atoms with Gasteiger partial charge in [-0.1, -0.05) is 20.3 Å². The highest BCUT2D eigenvalue weighted by Gasteiger charge is 2.18. The fourth-order valence-corrected chi connectivity index (χ4v) is 0.958. The number of carbonyl (C=O) groups is 2. The predicted octanol–water partition coefficient (Wildman–Crippen LogP) is -0.494. The van der Waals surface area contributed by atoms with Gasteiger partial charge in [-0.15, -0.1) is 11.6 Å². The molecule has 0 saturated heterocycles. The Hall–Kier alpha value is -0.770. The van der Waals surface area contributed by atoms with Gasteiger partial charge in [-0.25, -0.2) is 0 Å². The van der Waals surface area contributed by atoms with Crippen molar-refractivity contribution in [3.8, 4) is 0 Å². The van der Waals surface area contributed by atoms with Crippen molar-refractivity contribution in [2.24, 2.45) is 5.92 Å². The molecule has 4 nitrogen and oxygen atoms in total. The number of carboxylic acids is 1. The molecule has 0 aliphatic heterocycles. The Labute approximate surface area is 82.3 Å². The highest BCUT2D eigenvalue weighted by molar-refractivity contribution is 6.27. The fraction of sp³-hybridized carbons (Fsp3) is 0.750. The molecule has 0 radical (unpaired) electrons. The summed E-state index contributed by atoms with van der Waals surface area (Å²) in [6, 6.07) is -0.948. The van der Waals surface area contributed by atoms with Gasteiger partial charge in [-0.05, 0) is 5.92 Å². The zero-order chi connectivity index (χ0) is 10.4. The number of aliphatic carboxylic acids is 1. The number of carbonyl (C=O) groups excluding carboxylic acids is 2. The summed E-state index contributed by atoms with van der Waals surface area (Å²) >= 11 is 5.22. The lowest BCUT2D eigenvalue weighted by atomic mass is 9.99. The Bertz CT molecular complexity index is 196. The molecule has 0 aliphatic rings. The molecule has 0 rings (SSSR count). The summed E-state index contributed by atoms with van der Waals surface area (Å²) in [5.41, 5.74) is 0. The van der Waals surface area contributed by atoms with Crippen molar-refractivity contribution in [1.29, 1.82) is 0 Å². The lowest BCUT2D eigenvalue weighted by molar-refractivity contribution is -0.309. The van der Waals surface area contributed by atoms with Crippen LogP contribution in [-0.4, -0.2) is 23.8 Å². The van der Waals surface area contributed by atoms with Gasteiger partial charge in [0.2, 0.25) is 5.91 Å². The van der Waals surface area contributed by atoms with E-state index in [-0.39, 0.29) is 11.8 Å². The van der Waals surface area contributed by atoms with Crippen LogP contribution in [0, 0.1) is 5.92 Å². The Morgan fingerprint density at radius 1 is 1.54 bits per heavy atom. The highest BCUT2D eigenvalue weighted by atomic mass is 35.5. The molecule has 5 heteroatoms. The minimum Gasteiger partial charge on any atom is -0.548 e. The molecule has 0 bridgehead atoms. The van der Waals surface area contributed by atoms with Gasteiger partial charge in [0.05, 0.1) is 12.0 Å². The molecule has 2 atom stereocenters. The maximum atomic E-state index is 10.8. The monoisotopic (exact) mass is 206 g/mol. The minimum absolute atomic E-state index is 0.155. The average molecular weight is 207 g/mol. The maximum Gasteiger partial charge on any atom is 0.235 e. The minimum atomic E-state index is -1.27. The van der Waals surface area contributed by atoms with Crippen molar-refractivity contribution in [2.75, 3.05) is 5.88 Å². The maximum absolute atomic E-state index is 10.8. The molecular formula is C8H13ClNO3-. The number of hydrogen-bond acceptors (Lipinski definition) is 3. The van der Waals surface area contributed by atoms with Gasteiger partial charge in [0.1, 0.15) is 5.88 Å². The van der Waals surface area contributed by atoms with Crippen molar-refractivity contribution >= 4 is 23.5 Å². The van der Waals surface area contributed by atoms with Gasteiger partial charge in [0.25, 0.3) is 0 Å². The van der Waals surface area contributed by atoms with E-state index in [1.807, 2.05) is 6.92 Å². The van der Waals surface area contributed by atoms with E-state index >= 15 is 0 Å². The van der Waals surface area contributed by atoms with Crippen LogP contribution < -0.4 is 10.4 Å². The van der Waals surface area contributed by atoms with Crippen molar-refractivity contribution in [3.05, 3.63) is 0 Å². The van der Waals surface area contributed by atoms with Gasteiger partial charge in [-0.2, -0.15) is 0 Å². The van der Waals surface area contributed by atoms with E-state index in [9.17, 15) is 14.7 Å². The molecule has 1 N–H and O–H groups in total. The summed E-state index contributed by atoms with van der Waals surface area (Å²) in [6.07, 6.45) is 0.654. The third-order valence-electron chi connectivity index (χ3n) is 1.90. The summed E-state index contributed by atoms with van der Waals surface area (Å²) < 4.78 is 0. The third-order valence-corrected chi connectivity index (χ3v) is 2.15. The number of halogens is 1. The Morgan fingerprint density at radius 3 is 2.38 bits per heavy atom. The number of amides is 1. The largest absolute Gasteiger partial charge is 0.548 e. The summed E-state index contributed by atoms with van der Waals surface area (Å²) in [6.45, 7) is 3.57. The van der Waals surface area contributed by atoms with Gasteiger partial charge in [0, 0.05) is 0 Å². The topological polar surface area (TPSA) is 69.2 Å². The Balaban J connectivity index is 4.26. The van der Waals surface area contributed by atoms with E-state index in [1.165, 1.54) is 0 Å². The molecule has 0 unspecified atom stereocenters.